The largest absolute Gasteiger partial charge is 0.496 e. The second kappa shape index (κ2) is 5.89. The highest BCUT2D eigenvalue weighted by atomic mass is 16.6. The molecule has 0 aliphatic heterocycles. The summed E-state index contributed by atoms with van der Waals surface area (Å²) >= 11 is 0. The molecule has 1 rings (SSSR count). The molecule has 0 bridgehead atoms. The molecule has 1 aromatic carbocycles. The van der Waals surface area contributed by atoms with E-state index in [1.54, 1.807) is 26.4 Å². The average molecular weight is 237 g/mol. The van der Waals surface area contributed by atoms with E-state index in [9.17, 15) is 10.1 Å². The SMILES string of the molecule is COc1cc(/C=C/C[N+](=O)[O-])c(OC)cc1C. The summed E-state index contributed by atoms with van der Waals surface area (Å²) in [5.74, 6) is 1.40. The smallest absolute Gasteiger partial charge is 0.222 e. The average Bonchev–Trinajstić information content (AvgIpc) is 2.30. The Morgan fingerprint density at radius 1 is 1.29 bits per heavy atom. The quantitative estimate of drug-likeness (QED) is 0.582. The van der Waals surface area contributed by atoms with Crippen molar-refractivity contribution < 1.29 is 14.4 Å². The van der Waals surface area contributed by atoms with Gasteiger partial charge < -0.3 is 9.47 Å². The maximum absolute atomic E-state index is 10.2. The molecule has 5 nitrogen and oxygen atoms in total. The van der Waals surface area contributed by atoms with Gasteiger partial charge in [-0.05, 0) is 36.8 Å². The molecule has 1 aromatic rings. The molecule has 0 atom stereocenters. The summed E-state index contributed by atoms with van der Waals surface area (Å²) < 4.78 is 10.4. The molecule has 5 heteroatoms. The third kappa shape index (κ3) is 3.48. The number of ether oxygens (including phenoxy) is 2. The van der Waals surface area contributed by atoms with Crippen molar-refractivity contribution in [2.45, 2.75) is 6.92 Å². The van der Waals surface area contributed by atoms with Gasteiger partial charge in [-0.25, -0.2) is 0 Å². The summed E-state index contributed by atoms with van der Waals surface area (Å²) in [6.07, 6.45) is 3.14. The molecule has 0 radical (unpaired) electrons. The first-order valence-electron chi connectivity index (χ1n) is 5.09. The van der Waals surface area contributed by atoms with Gasteiger partial charge in [-0.1, -0.05) is 0 Å². The van der Waals surface area contributed by atoms with E-state index < -0.39 is 4.92 Å². The second-order valence-corrected chi connectivity index (χ2v) is 3.48. The van der Waals surface area contributed by atoms with Crippen molar-refractivity contribution in [1.29, 1.82) is 0 Å². The number of nitrogens with zero attached hydrogens (tertiary/aromatic N) is 1. The molecule has 17 heavy (non-hydrogen) atoms. The fourth-order valence-corrected chi connectivity index (χ4v) is 1.47. The number of benzene rings is 1. The van der Waals surface area contributed by atoms with Crippen LogP contribution in [0.2, 0.25) is 0 Å². The Kier molecular flexibility index (Phi) is 4.51. The van der Waals surface area contributed by atoms with Gasteiger partial charge in [0.25, 0.3) is 0 Å². The Balaban J connectivity index is 3.03. The van der Waals surface area contributed by atoms with Crippen LogP contribution in [0.3, 0.4) is 0 Å². The van der Waals surface area contributed by atoms with Gasteiger partial charge in [0.05, 0.1) is 14.2 Å². The topological polar surface area (TPSA) is 61.6 Å². The zero-order valence-electron chi connectivity index (χ0n) is 10.1. The van der Waals surface area contributed by atoms with E-state index in [-0.39, 0.29) is 6.54 Å². The summed E-state index contributed by atoms with van der Waals surface area (Å²) in [5, 5.41) is 10.2. The van der Waals surface area contributed by atoms with Crippen LogP contribution < -0.4 is 9.47 Å². The third-order valence-electron chi connectivity index (χ3n) is 2.30. The van der Waals surface area contributed by atoms with Crippen molar-refractivity contribution in [3.05, 3.63) is 39.4 Å². The number of methoxy groups -OCH3 is 2. The Bertz CT molecular complexity index is 440. The highest BCUT2D eigenvalue weighted by molar-refractivity contribution is 5.61. The van der Waals surface area contributed by atoms with Gasteiger partial charge in [0, 0.05) is 10.5 Å². The van der Waals surface area contributed by atoms with E-state index in [4.69, 9.17) is 9.47 Å². The minimum Gasteiger partial charge on any atom is -0.496 e. The fourth-order valence-electron chi connectivity index (χ4n) is 1.47. The second-order valence-electron chi connectivity index (χ2n) is 3.48. The zero-order valence-corrected chi connectivity index (χ0v) is 10.1. The molecular formula is C12H15NO4. The third-order valence-corrected chi connectivity index (χ3v) is 2.30. The summed E-state index contributed by atoms with van der Waals surface area (Å²) in [6, 6.07) is 3.63. The van der Waals surface area contributed by atoms with Gasteiger partial charge in [-0.3, -0.25) is 10.1 Å². The van der Waals surface area contributed by atoms with Crippen molar-refractivity contribution in [1.82, 2.24) is 0 Å². The van der Waals surface area contributed by atoms with Gasteiger partial charge in [-0.2, -0.15) is 0 Å². The van der Waals surface area contributed by atoms with Gasteiger partial charge in [0.1, 0.15) is 11.5 Å². The summed E-state index contributed by atoms with van der Waals surface area (Å²) in [5.41, 5.74) is 1.72. The predicted octanol–water partition coefficient (Wildman–Crippen LogP) is 2.30. The highest BCUT2D eigenvalue weighted by Crippen LogP contribution is 2.29. The minimum atomic E-state index is -0.394. The highest BCUT2D eigenvalue weighted by Gasteiger charge is 2.06. The van der Waals surface area contributed by atoms with E-state index >= 15 is 0 Å². The molecule has 0 unspecified atom stereocenters. The Hall–Kier alpha value is -2.04. The Morgan fingerprint density at radius 2 is 1.94 bits per heavy atom. The lowest BCUT2D eigenvalue weighted by atomic mass is 10.1. The molecular weight excluding hydrogens is 222 g/mol. The van der Waals surface area contributed by atoms with Crippen molar-refractivity contribution in [2.75, 3.05) is 20.8 Å². The molecule has 0 amide bonds. The standard InChI is InChI=1S/C12H15NO4/c1-9-7-12(17-3)10(8-11(9)16-2)5-4-6-13(14)15/h4-5,7-8H,6H2,1-3H3/b5-4+. The lowest BCUT2D eigenvalue weighted by Gasteiger charge is -2.10. The van der Waals surface area contributed by atoms with Gasteiger partial charge in [0.2, 0.25) is 6.54 Å². The van der Waals surface area contributed by atoms with Crippen LogP contribution in [0, 0.1) is 17.0 Å². The Labute approximate surface area is 99.8 Å². The molecule has 0 aromatic heterocycles. The number of aryl methyl sites for hydroxylation is 1. The first-order chi connectivity index (χ1) is 8.08. The van der Waals surface area contributed by atoms with E-state index in [2.05, 4.69) is 0 Å². The number of rotatable bonds is 5. The molecule has 0 saturated carbocycles. The predicted molar refractivity (Wildman–Crippen MR) is 65.2 cm³/mol. The van der Waals surface area contributed by atoms with Crippen LogP contribution in [0.25, 0.3) is 6.08 Å². The van der Waals surface area contributed by atoms with Crippen LogP contribution in [-0.4, -0.2) is 25.7 Å². The van der Waals surface area contributed by atoms with E-state index in [0.717, 1.165) is 16.9 Å². The Morgan fingerprint density at radius 3 is 2.47 bits per heavy atom. The first-order valence-corrected chi connectivity index (χ1v) is 5.09. The summed E-state index contributed by atoms with van der Waals surface area (Å²) in [4.78, 5) is 9.83. The van der Waals surface area contributed by atoms with Crippen LogP contribution in [-0.2, 0) is 0 Å². The normalized spacial score (nSPS) is 10.5. The lowest BCUT2D eigenvalue weighted by Crippen LogP contribution is -1.96. The maximum Gasteiger partial charge on any atom is 0.222 e. The number of hydrogen-bond donors (Lipinski definition) is 0. The van der Waals surface area contributed by atoms with Crippen molar-refractivity contribution >= 4 is 6.08 Å². The summed E-state index contributed by atoms with van der Waals surface area (Å²) in [6.45, 7) is 1.70. The first kappa shape index (κ1) is 13.0. The van der Waals surface area contributed by atoms with E-state index in [1.165, 1.54) is 6.08 Å². The monoisotopic (exact) mass is 237 g/mol. The number of hydrogen-bond acceptors (Lipinski definition) is 4. The van der Waals surface area contributed by atoms with Gasteiger partial charge >= 0.3 is 0 Å². The van der Waals surface area contributed by atoms with Crippen molar-refractivity contribution in [3.8, 4) is 11.5 Å². The summed E-state index contributed by atoms with van der Waals surface area (Å²) in [7, 11) is 3.14. The van der Waals surface area contributed by atoms with E-state index in [0.29, 0.717) is 5.75 Å². The molecule has 0 spiro atoms. The molecule has 0 saturated heterocycles. The lowest BCUT2D eigenvalue weighted by molar-refractivity contribution is -0.468. The zero-order chi connectivity index (χ0) is 12.8. The minimum absolute atomic E-state index is 0.209. The van der Waals surface area contributed by atoms with Crippen LogP contribution in [0.1, 0.15) is 11.1 Å². The number of nitro groups is 1. The van der Waals surface area contributed by atoms with Crippen LogP contribution in [0.4, 0.5) is 0 Å². The molecule has 0 aliphatic rings. The van der Waals surface area contributed by atoms with Gasteiger partial charge in [0.15, 0.2) is 0 Å². The fraction of sp³-hybridized carbons (Fsp3) is 0.333. The molecule has 0 N–H and O–H groups in total. The van der Waals surface area contributed by atoms with Crippen molar-refractivity contribution in [3.63, 3.8) is 0 Å². The molecule has 0 heterocycles. The molecule has 0 fully saturated rings. The van der Waals surface area contributed by atoms with Crippen LogP contribution in [0.15, 0.2) is 18.2 Å². The van der Waals surface area contributed by atoms with Gasteiger partial charge in [-0.15, -0.1) is 0 Å². The maximum atomic E-state index is 10.2. The van der Waals surface area contributed by atoms with Crippen molar-refractivity contribution in [2.24, 2.45) is 0 Å². The van der Waals surface area contributed by atoms with Crippen LogP contribution >= 0.6 is 0 Å². The molecule has 0 aliphatic carbocycles. The van der Waals surface area contributed by atoms with Crippen LogP contribution in [0.5, 0.6) is 11.5 Å². The molecule has 92 valence electrons. The van der Waals surface area contributed by atoms with E-state index in [1.807, 2.05) is 13.0 Å².